The van der Waals surface area contributed by atoms with Crippen LogP contribution < -0.4 is 5.32 Å². The van der Waals surface area contributed by atoms with E-state index in [9.17, 15) is 14.9 Å². The molecule has 22 heavy (non-hydrogen) atoms. The van der Waals surface area contributed by atoms with Crippen LogP contribution in [0.1, 0.15) is 10.4 Å². The smallest absolute Gasteiger partial charge is 0.292 e. The quantitative estimate of drug-likeness (QED) is 0.585. The third kappa shape index (κ3) is 2.64. The molecule has 3 aromatic rings. The van der Waals surface area contributed by atoms with E-state index in [4.69, 9.17) is 0 Å². The first-order valence-electron chi connectivity index (χ1n) is 6.69. The van der Waals surface area contributed by atoms with Crippen molar-refractivity contribution in [2.45, 2.75) is 0 Å². The molecule has 0 saturated carbocycles. The van der Waals surface area contributed by atoms with E-state index in [2.05, 4.69) is 5.32 Å². The van der Waals surface area contributed by atoms with E-state index >= 15 is 0 Å². The van der Waals surface area contributed by atoms with Crippen LogP contribution in [0.15, 0.2) is 66.7 Å². The van der Waals surface area contributed by atoms with Crippen molar-refractivity contribution in [3.8, 4) is 0 Å². The maximum absolute atomic E-state index is 12.3. The first-order chi connectivity index (χ1) is 10.6. The Balaban J connectivity index is 1.92. The molecule has 0 unspecified atom stereocenters. The number of rotatable bonds is 3. The molecule has 0 aliphatic rings. The molecule has 0 aliphatic heterocycles. The van der Waals surface area contributed by atoms with Crippen LogP contribution in [0.3, 0.4) is 0 Å². The summed E-state index contributed by atoms with van der Waals surface area (Å²) in [7, 11) is 0. The average molecular weight is 292 g/mol. The monoisotopic (exact) mass is 292 g/mol. The van der Waals surface area contributed by atoms with Crippen molar-refractivity contribution in [2.75, 3.05) is 5.32 Å². The van der Waals surface area contributed by atoms with E-state index in [-0.39, 0.29) is 17.3 Å². The number of hydrogen-bond acceptors (Lipinski definition) is 3. The maximum atomic E-state index is 12.3. The van der Waals surface area contributed by atoms with Crippen LogP contribution >= 0.6 is 0 Å². The van der Waals surface area contributed by atoms with E-state index in [1.807, 2.05) is 30.3 Å². The number of benzene rings is 3. The van der Waals surface area contributed by atoms with E-state index in [0.717, 1.165) is 10.8 Å². The van der Waals surface area contributed by atoms with E-state index < -0.39 is 4.92 Å². The van der Waals surface area contributed by atoms with Crippen molar-refractivity contribution in [3.63, 3.8) is 0 Å². The molecule has 0 fully saturated rings. The first kappa shape index (κ1) is 13.8. The predicted molar refractivity (Wildman–Crippen MR) is 85.0 cm³/mol. The van der Waals surface area contributed by atoms with Crippen molar-refractivity contribution in [1.82, 2.24) is 0 Å². The molecule has 3 rings (SSSR count). The van der Waals surface area contributed by atoms with Crippen LogP contribution in [0, 0.1) is 10.1 Å². The Hall–Kier alpha value is -3.21. The highest BCUT2D eigenvalue weighted by Crippen LogP contribution is 2.24. The van der Waals surface area contributed by atoms with Crippen LogP contribution in [-0.4, -0.2) is 10.8 Å². The van der Waals surface area contributed by atoms with Gasteiger partial charge in [0, 0.05) is 11.6 Å². The van der Waals surface area contributed by atoms with Gasteiger partial charge in [-0.05, 0) is 29.0 Å². The molecule has 0 radical (unpaired) electrons. The standard InChI is InChI=1S/C17H12N2O3/c20-17(18-15-7-3-4-8-16(15)19(21)22)14-10-9-12-5-1-2-6-13(12)11-14/h1-11H,(H,18,20). The Kier molecular flexibility index (Phi) is 3.53. The predicted octanol–water partition coefficient (Wildman–Crippen LogP) is 4.00. The first-order valence-corrected chi connectivity index (χ1v) is 6.69. The fourth-order valence-electron chi connectivity index (χ4n) is 2.26. The molecule has 0 atom stereocenters. The molecule has 0 spiro atoms. The number of hydrogen-bond donors (Lipinski definition) is 1. The number of anilines is 1. The lowest BCUT2D eigenvalue weighted by Crippen LogP contribution is -2.13. The molecular weight excluding hydrogens is 280 g/mol. The molecule has 3 aromatic carbocycles. The van der Waals surface area contributed by atoms with Gasteiger partial charge >= 0.3 is 0 Å². The third-order valence-electron chi connectivity index (χ3n) is 3.36. The topological polar surface area (TPSA) is 72.2 Å². The lowest BCUT2D eigenvalue weighted by atomic mass is 10.1. The molecule has 0 bridgehead atoms. The van der Waals surface area contributed by atoms with E-state index in [1.54, 1.807) is 24.3 Å². The number of nitro groups is 1. The van der Waals surface area contributed by atoms with Gasteiger partial charge in [0.25, 0.3) is 11.6 Å². The largest absolute Gasteiger partial charge is 0.316 e. The minimum Gasteiger partial charge on any atom is -0.316 e. The van der Waals surface area contributed by atoms with Gasteiger partial charge in [0.05, 0.1) is 4.92 Å². The SMILES string of the molecule is O=C(Nc1ccccc1[N+](=O)[O-])c1ccc2ccccc2c1. The minimum atomic E-state index is -0.518. The lowest BCUT2D eigenvalue weighted by molar-refractivity contribution is -0.383. The number of nitrogens with one attached hydrogen (secondary N) is 1. The van der Waals surface area contributed by atoms with Crippen LogP contribution in [-0.2, 0) is 0 Å². The van der Waals surface area contributed by atoms with Crippen molar-refractivity contribution in [3.05, 3.63) is 82.4 Å². The fraction of sp³-hybridized carbons (Fsp3) is 0. The Labute approximate surface area is 126 Å². The van der Waals surface area contributed by atoms with Gasteiger partial charge in [-0.15, -0.1) is 0 Å². The summed E-state index contributed by atoms with van der Waals surface area (Å²) in [6.07, 6.45) is 0. The second kappa shape index (κ2) is 5.65. The molecule has 0 heterocycles. The van der Waals surface area contributed by atoms with Crippen LogP contribution in [0.5, 0.6) is 0 Å². The summed E-state index contributed by atoms with van der Waals surface area (Å²) >= 11 is 0. The maximum Gasteiger partial charge on any atom is 0.292 e. The van der Waals surface area contributed by atoms with Crippen molar-refractivity contribution >= 4 is 28.1 Å². The van der Waals surface area contributed by atoms with Gasteiger partial charge in [-0.2, -0.15) is 0 Å². The zero-order valence-corrected chi connectivity index (χ0v) is 11.5. The molecule has 0 saturated heterocycles. The Morgan fingerprint density at radius 1 is 0.909 bits per heavy atom. The van der Waals surface area contributed by atoms with Gasteiger partial charge in [-0.3, -0.25) is 14.9 Å². The molecular formula is C17H12N2O3. The van der Waals surface area contributed by atoms with Crippen molar-refractivity contribution in [1.29, 1.82) is 0 Å². The van der Waals surface area contributed by atoms with E-state index in [0.29, 0.717) is 5.56 Å². The molecule has 108 valence electrons. The van der Waals surface area contributed by atoms with Crippen LogP contribution in [0.25, 0.3) is 10.8 Å². The second-order valence-electron chi connectivity index (χ2n) is 4.79. The fourth-order valence-corrected chi connectivity index (χ4v) is 2.26. The molecule has 1 N–H and O–H groups in total. The van der Waals surface area contributed by atoms with Gasteiger partial charge in [0.1, 0.15) is 5.69 Å². The number of carbonyl (C=O) groups excluding carboxylic acids is 1. The molecule has 5 nitrogen and oxygen atoms in total. The highest BCUT2D eigenvalue weighted by molar-refractivity contribution is 6.07. The highest BCUT2D eigenvalue weighted by Gasteiger charge is 2.15. The summed E-state index contributed by atoms with van der Waals surface area (Å²) in [6, 6.07) is 19.1. The number of carbonyl (C=O) groups is 1. The molecule has 1 amide bonds. The number of nitro benzene ring substituents is 1. The average Bonchev–Trinajstić information content (AvgIpc) is 2.54. The summed E-state index contributed by atoms with van der Waals surface area (Å²) in [4.78, 5) is 22.7. The second-order valence-corrected chi connectivity index (χ2v) is 4.79. The summed E-state index contributed by atoms with van der Waals surface area (Å²) in [5.74, 6) is -0.375. The van der Waals surface area contributed by atoms with Gasteiger partial charge < -0.3 is 5.32 Å². The summed E-state index contributed by atoms with van der Waals surface area (Å²) < 4.78 is 0. The van der Waals surface area contributed by atoms with Gasteiger partial charge in [0.2, 0.25) is 0 Å². The Morgan fingerprint density at radius 2 is 1.59 bits per heavy atom. The van der Waals surface area contributed by atoms with Crippen LogP contribution in [0.2, 0.25) is 0 Å². The third-order valence-corrected chi connectivity index (χ3v) is 3.36. The zero-order valence-electron chi connectivity index (χ0n) is 11.5. The summed E-state index contributed by atoms with van der Waals surface area (Å²) in [5.41, 5.74) is 0.513. The summed E-state index contributed by atoms with van der Waals surface area (Å²) in [6.45, 7) is 0. The highest BCUT2D eigenvalue weighted by atomic mass is 16.6. The number of fused-ring (bicyclic) bond motifs is 1. The molecule has 5 heteroatoms. The molecule has 0 aliphatic carbocycles. The number of amides is 1. The zero-order chi connectivity index (χ0) is 15.5. The van der Waals surface area contributed by atoms with Crippen molar-refractivity contribution < 1.29 is 9.72 Å². The Morgan fingerprint density at radius 3 is 2.36 bits per heavy atom. The minimum absolute atomic E-state index is 0.128. The lowest BCUT2D eigenvalue weighted by Gasteiger charge is -2.07. The number of nitrogens with zero attached hydrogens (tertiary/aromatic N) is 1. The normalized spacial score (nSPS) is 10.4. The van der Waals surface area contributed by atoms with Gasteiger partial charge in [-0.25, -0.2) is 0 Å². The molecule has 0 aromatic heterocycles. The number of para-hydroxylation sites is 2. The van der Waals surface area contributed by atoms with Gasteiger partial charge in [-0.1, -0.05) is 42.5 Å². The van der Waals surface area contributed by atoms with Crippen molar-refractivity contribution in [2.24, 2.45) is 0 Å². The van der Waals surface area contributed by atoms with Gasteiger partial charge in [0.15, 0.2) is 0 Å². The Bertz CT molecular complexity index is 874. The van der Waals surface area contributed by atoms with Crippen LogP contribution in [0.4, 0.5) is 11.4 Å². The summed E-state index contributed by atoms with van der Waals surface area (Å²) in [5, 5.41) is 15.5. The van der Waals surface area contributed by atoms with E-state index in [1.165, 1.54) is 12.1 Å².